The van der Waals surface area contributed by atoms with Gasteiger partial charge < -0.3 is 20.3 Å². The Kier molecular flexibility index (Phi) is 9.48. The SMILES string of the molecule is CCC(F)(CC)CN1CCC(COc2cnc(-c3ccc(C(=O)N4CCCC[C@@H]4C(N)=O)cc3F)nc2)CC1. The maximum absolute atomic E-state index is 15.0. The minimum absolute atomic E-state index is 0.150. The minimum Gasteiger partial charge on any atom is -0.490 e. The van der Waals surface area contributed by atoms with Gasteiger partial charge in [0.1, 0.15) is 17.5 Å². The van der Waals surface area contributed by atoms with Crippen LogP contribution in [-0.2, 0) is 4.79 Å². The second-order valence-corrected chi connectivity index (χ2v) is 10.7. The number of hydrogen-bond donors (Lipinski definition) is 1. The molecule has 2 aliphatic rings. The van der Waals surface area contributed by atoms with E-state index in [-0.39, 0.29) is 17.0 Å². The lowest BCUT2D eigenvalue weighted by molar-refractivity contribution is -0.123. The first-order chi connectivity index (χ1) is 18.7. The van der Waals surface area contributed by atoms with Gasteiger partial charge in [-0.3, -0.25) is 9.59 Å². The molecule has 2 aromatic rings. The van der Waals surface area contributed by atoms with E-state index in [2.05, 4.69) is 14.9 Å². The molecule has 8 nitrogen and oxygen atoms in total. The number of nitrogens with two attached hydrogens (primary N) is 1. The molecule has 2 saturated heterocycles. The van der Waals surface area contributed by atoms with Crippen molar-refractivity contribution >= 4 is 11.8 Å². The Morgan fingerprint density at radius 1 is 1.08 bits per heavy atom. The molecular weight excluding hydrogens is 504 g/mol. The lowest BCUT2D eigenvalue weighted by Crippen LogP contribution is -2.50. The summed E-state index contributed by atoms with van der Waals surface area (Å²) < 4.78 is 35.6. The van der Waals surface area contributed by atoms with Crippen molar-refractivity contribution in [1.82, 2.24) is 19.8 Å². The van der Waals surface area contributed by atoms with Crippen molar-refractivity contribution in [3.05, 3.63) is 42.0 Å². The largest absolute Gasteiger partial charge is 0.490 e. The van der Waals surface area contributed by atoms with Crippen molar-refractivity contribution in [1.29, 1.82) is 0 Å². The van der Waals surface area contributed by atoms with Crippen molar-refractivity contribution in [3.8, 4) is 17.1 Å². The van der Waals surface area contributed by atoms with E-state index in [1.165, 1.54) is 29.4 Å². The molecule has 0 spiro atoms. The molecule has 1 atom stereocenters. The normalized spacial score (nSPS) is 19.2. The number of carbonyl (C=O) groups excluding carboxylic acids is 2. The van der Waals surface area contributed by atoms with Crippen LogP contribution in [0.15, 0.2) is 30.6 Å². The molecule has 0 radical (unpaired) electrons. The Balaban J connectivity index is 1.31. The quantitative estimate of drug-likeness (QED) is 0.477. The summed E-state index contributed by atoms with van der Waals surface area (Å²) in [6, 6.07) is 3.47. The van der Waals surface area contributed by atoms with E-state index in [0.717, 1.165) is 44.8 Å². The number of halogens is 2. The van der Waals surface area contributed by atoms with Crippen molar-refractivity contribution in [2.45, 2.75) is 70.5 Å². The van der Waals surface area contributed by atoms with Gasteiger partial charge in [0.25, 0.3) is 5.91 Å². The van der Waals surface area contributed by atoms with E-state index in [1.807, 2.05) is 13.8 Å². The number of alkyl halides is 1. The zero-order chi connectivity index (χ0) is 28.0. The van der Waals surface area contributed by atoms with Crippen molar-refractivity contribution < 1.29 is 23.1 Å². The lowest BCUT2D eigenvalue weighted by atomic mass is 9.94. The van der Waals surface area contributed by atoms with Crippen LogP contribution in [-0.4, -0.2) is 76.1 Å². The van der Waals surface area contributed by atoms with E-state index in [9.17, 15) is 18.4 Å². The minimum atomic E-state index is -1.11. The topological polar surface area (TPSA) is 102 Å². The molecule has 0 unspecified atom stereocenters. The highest BCUT2D eigenvalue weighted by Crippen LogP contribution is 2.27. The van der Waals surface area contributed by atoms with Crippen LogP contribution in [0.1, 0.15) is 69.2 Å². The summed E-state index contributed by atoms with van der Waals surface area (Å²) in [5.74, 6) is -0.545. The van der Waals surface area contributed by atoms with Crippen LogP contribution >= 0.6 is 0 Å². The first-order valence-corrected chi connectivity index (χ1v) is 14.0. The summed E-state index contributed by atoms with van der Waals surface area (Å²) in [6.45, 7) is 6.94. The summed E-state index contributed by atoms with van der Waals surface area (Å²) >= 11 is 0. The summed E-state index contributed by atoms with van der Waals surface area (Å²) in [5, 5.41) is 0. The van der Waals surface area contributed by atoms with Crippen LogP contribution in [0.2, 0.25) is 0 Å². The van der Waals surface area contributed by atoms with E-state index in [1.54, 1.807) is 0 Å². The van der Waals surface area contributed by atoms with Gasteiger partial charge in [-0.2, -0.15) is 0 Å². The predicted molar refractivity (Wildman–Crippen MR) is 144 cm³/mol. The van der Waals surface area contributed by atoms with Gasteiger partial charge in [-0.05, 0) is 82.2 Å². The number of amides is 2. The summed E-state index contributed by atoms with van der Waals surface area (Å²) in [4.78, 5) is 36.9. The second kappa shape index (κ2) is 12.8. The smallest absolute Gasteiger partial charge is 0.254 e. The van der Waals surface area contributed by atoms with Gasteiger partial charge in [0, 0.05) is 18.7 Å². The van der Waals surface area contributed by atoms with Crippen molar-refractivity contribution in [2.24, 2.45) is 11.7 Å². The van der Waals surface area contributed by atoms with Crippen molar-refractivity contribution in [3.63, 3.8) is 0 Å². The number of hydrogen-bond acceptors (Lipinski definition) is 6. The fourth-order valence-corrected chi connectivity index (χ4v) is 5.40. The number of likely N-dealkylation sites (tertiary alicyclic amines) is 2. The molecule has 1 aromatic carbocycles. The predicted octanol–water partition coefficient (Wildman–Crippen LogP) is 4.38. The molecule has 3 heterocycles. The molecule has 2 N–H and O–H groups in total. The van der Waals surface area contributed by atoms with Crippen LogP contribution in [0.5, 0.6) is 5.75 Å². The Bertz CT molecular complexity index is 1130. The van der Waals surface area contributed by atoms with Crippen LogP contribution in [0.25, 0.3) is 11.4 Å². The number of piperidine rings is 2. The molecule has 4 rings (SSSR count). The van der Waals surface area contributed by atoms with Gasteiger partial charge in [0.15, 0.2) is 11.6 Å². The molecule has 10 heteroatoms. The van der Waals surface area contributed by atoms with E-state index < -0.39 is 29.3 Å². The number of nitrogens with zero attached hydrogens (tertiary/aromatic N) is 4. The standard InChI is InChI=1S/C29H39F2N5O3/c1-3-29(31,4-2)19-35-13-10-20(11-14-35)18-39-22-16-33-27(34-17-22)23-9-8-21(15-24(23)30)28(38)36-12-6-5-7-25(36)26(32)37/h8-9,15-17,20,25H,3-7,10-14,18-19H2,1-2H3,(H2,32,37)/t25-/m1/s1. The number of primary amides is 1. The monoisotopic (exact) mass is 543 g/mol. The molecule has 0 saturated carbocycles. The Morgan fingerprint density at radius 3 is 2.38 bits per heavy atom. The Labute approximate surface area is 228 Å². The number of rotatable bonds is 10. The maximum atomic E-state index is 15.0. The first-order valence-electron chi connectivity index (χ1n) is 14.0. The Morgan fingerprint density at radius 2 is 1.77 bits per heavy atom. The zero-order valence-corrected chi connectivity index (χ0v) is 22.9. The fraction of sp³-hybridized carbons (Fsp3) is 0.586. The molecular formula is C29H39F2N5O3. The number of ether oxygens (including phenoxy) is 1. The maximum Gasteiger partial charge on any atom is 0.254 e. The summed E-state index contributed by atoms with van der Waals surface area (Å²) in [6.07, 6.45) is 8.08. The van der Waals surface area contributed by atoms with Gasteiger partial charge >= 0.3 is 0 Å². The third-order valence-corrected chi connectivity index (χ3v) is 8.14. The Hall–Kier alpha value is -3.14. The highest BCUT2D eigenvalue weighted by Gasteiger charge is 2.32. The third kappa shape index (κ3) is 7.09. The zero-order valence-electron chi connectivity index (χ0n) is 22.9. The molecule has 39 heavy (non-hydrogen) atoms. The highest BCUT2D eigenvalue weighted by molar-refractivity contribution is 5.97. The van der Waals surface area contributed by atoms with Gasteiger partial charge in [-0.1, -0.05) is 13.8 Å². The lowest BCUT2D eigenvalue weighted by Gasteiger charge is -2.36. The van der Waals surface area contributed by atoms with E-state index >= 15 is 0 Å². The average molecular weight is 544 g/mol. The van der Waals surface area contributed by atoms with Crippen LogP contribution in [0.3, 0.4) is 0 Å². The molecule has 212 valence electrons. The molecule has 0 bridgehead atoms. The molecule has 2 aliphatic heterocycles. The van der Waals surface area contributed by atoms with Crippen LogP contribution < -0.4 is 10.5 Å². The van der Waals surface area contributed by atoms with Gasteiger partial charge in [-0.15, -0.1) is 0 Å². The van der Waals surface area contributed by atoms with Gasteiger partial charge in [-0.25, -0.2) is 18.7 Å². The third-order valence-electron chi connectivity index (χ3n) is 8.14. The van der Waals surface area contributed by atoms with E-state index in [4.69, 9.17) is 10.5 Å². The molecule has 2 amide bonds. The molecule has 1 aromatic heterocycles. The van der Waals surface area contributed by atoms with Crippen LogP contribution in [0.4, 0.5) is 8.78 Å². The van der Waals surface area contributed by atoms with Gasteiger partial charge in [0.2, 0.25) is 5.91 Å². The highest BCUT2D eigenvalue weighted by atomic mass is 19.1. The summed E-state index contributed by atoms with van der Waals surface area (Å²) in [7, 11) is 0. The van der Waals surface area contributed by atoms with Crippen LogP contribution in [0, 0.1) is 11.7 Å². The van der Waals surface area contributed by atoms with Crippen molar-refractivity contribution in [2.75, 3.05) is 32.8 Å². The number of carbonyl (C=O) groups is 2. The van der Waals surface area contributed by atoms with Gasteiger partial charge in [0.05, 0.1) is 24.6 Å². The fourth-order valence-electron chi connectivity index (χ4n) is 5.40. The number of benzene rings is 1. The second-order valence-electron chi connectivity index (χ2n) is 10.7. The first kappa shape index (κ1) is 28.9. The number of aromatic nitrogens is 2. The molecule has 0 aliphatic carbocycles. The summed E-state index contributed by atoms with van der Waals surface area (Å²) in [5.41, 5.74) is 4.67. The average Bonchev–Trinajstić information content (AvgIpc) is 2.96. The van der Waals surface area contributed by atoms with E-state index in [0.29, 0.717) is 50.6 Å². The molecule has 2 fully saturated rings.